The number of nitrogens with one attached hydrogen (secondary N) is 3. The van der Waals surface area contributed by atoms with E-state index >= 15 is 0 Å². The van der Waals surface area contributed by atoms with Gasteiger partial charge in [0.1, 0.15) is 34.2 Å². The second-order valence-corrected chi connectivity index (χ2v) is 32.0. The van der Waals surface area contributed by atoms with Crippen LogP contribution in [0, 0.1) is 6.92 Å². The van der Waals surface area contributed by atoms with Crippen LogP contribution in [-0.4, -0.2) is 169 Å². The number of H-pyrrole nitrogens is 3. The average Bonchev–Trinajstić information content (AvgIpc) is 1.64. The standard InChI is InChI=1S/C25H29N3O3S.2C24H26ClN3O3S.3CH4/c1-5-32(29,30)19-9-6-8-18(15-19)20-10-11-22(31-13-7-12-28(3)4)24-23(20)21-14-17(2)16-26-25(21)27-24;2*1-4-32(29,30)18-8-5-7-16(13-18)19-9-10-21(31-12-6-11-28(2)3)23-22(19)20-14-17(25)15-26-24(20)27-23;;;/h6,8-11,14-16H,5,7,12-13H2,1-4H3,(H,26,27);2*5,7-10,13-15H,4,6,11-12H2,1-3H3,(H,26,27);3*1H4. The number of benzene rings is 6. The predicted octanol–water partition coefficient (Wildman–Crippen LogP) is 17.0. The molecule has 0 aliphatic carbocycles. The summed E-state index contributed by atoms with van der Waals surface area (Å²) in [6.07, 6.45) is 7.76. The van der Waals surface area contributed by atoms with Crippen molar-refractivity contribution < 1.29 is 39.5 Å². The first-order chi connectivity index (χ1) is 45.9. The van der Waals surface area contributed by atoms with Crippen LogP contribution in [0.4, 0.5) is 0 Å². The van der Waals surface area contributed by atoms with E-state index < -0.39 is 29.5 Å². The van der Waals surface area contributed by atoms with E-state index in [9.17, 15) is 25.3 Å². The summed E-state index contributed by atoms with van der Waals surface area (Å²) in [4.78, 5) is 30.9. The van der Waals surface area contributed by atoms with Gasteiger partial charge in [-0.1, -0.05) is 103 Å². The van der Waals surface area contributed by atoms with Gasteiger partial charge in [-0.25, -0.2) is 40.2 Å². The third-order valence-electron chi connectivity index (χ3n) is 16.4. The third-order valence-corrected chi connectivity index (χ3v) is 22.1. The Balaban J connectivity index is 0.000000206. The molecule has 0 saturated heterocycles. The summed E-state index contributed by atoms with van der Waals surface area (Å²) in [6.45, 7) is 11.6. The van der Waals surface area contributed by atoms with Crippen molar-refractivity contribution in [3.8, 4) is 50.6 Å². The smallest absolute Gasteiger partial charge is 0.178 e. The molecule has 23 heteroatoms. The van der Waals surface area contributed by atoms with Gasteiger partial charge in [0.15, 0.2) is 29.5 Å². The lowest BCUT2D eigenvalue weighted by Gasteiger charge is -2.13. The van der Waals surface area contributed by atoms with Crippen LogP contribution in [0.3, 0.4) is 0 Å². The van der Waals surface area contributed by atoms with Gasteiger partial charge in [-0.2, -0.15) is 0 Å². The molecule has 0 fully saturated rings. The average molecular weight is 1440 g/mol. The number of hydrogen-bond acceptors (Lipinski definition) is 15. The molecule has 0 radical (unpaired) electrons. The number of aromatic nitrogens is 6. The van der Waals surface area contributed by atoms with Gasteiger partial charge in [0.2, 0.25) is 0 Å². The summed E-state index contributed by atoms with van der Waals surface area (Å²) in [5.41, 5.74) is 11.0. The fourth-order valence-corrected chi connectivity index (χ4v) is 14.6. The molecule has 0 unspecified atom stereocenters. The van der Waals surface area contributed by atoms with Gasteiger partial charge in [0, 0.05) is 70.5 Å². The molecular weight excluding hydrogens is 1350 g/mol. The molecule has 6 aromatic heterocycles. The zero-order valence-corrected chi connectivity index (χ0v) is 59.6. The van der Waals surface area contributed by atoms with Crippen LogP contribution in [0.5, 0.6) is 17.2 Å². The molecule has 6 aromatic carbocycles. The van der Waals surface area contributed by atoms with Crippen molar-refractivity contribution in [1.82, 2.24) is 44.6 Å². The lowest BCUT2D eigenvalue weighted by atomic mass is 9.99. The van der Waals surface area contributed by atoms with Crippen LogP contribution < -0.4 is 14.2 Å². The maximum atomic E-state index is 12.5. The number of nitrogens with zero attached hydrogens (tertiary/aromatic N) is 6. The highest BCUT2D eigenvalue weighted by Crippen LogP contribution is 2.43. The first kappa shape index (κ1) is 78.2. The third kappa shape index (κ3) is 18.1. The Labute approximate surface area is 593 Å². The zero-order valence-electron chi connectivity index (χ0n) is 55.7. The largest absolute Gasteiger partial charge is 0.491 e. The summed E-state index contributed by atoms with van der Waals surface area (Å²) in [5, 5.41) is 6.60. The van der Waals surface area contributed by atoms with E-state index in [0.29, 0.717) is 55.8 Å². The highest BCUT2D eigenvalue weighted by molar-refractivity contribution is 7.92. The van der Waals surface area contributed by atoms with Crippen LogP contribution in [0.1, 0.15) is 67.9 Å². The number of aromatic amines is 3. The molecule has 12 aromatic rings. The molecule has 0 amide bonds. The van der Waals surface area contributed by atoms with Crippen LogP contribution in [0.2, 0.25) is 10.0 Å². The van der Waals surface area contributed by atoms with Gasteiger partial charge in [-0.3, -0.25) is 0 Å². The maximum Gasteiger partial charge on any atom is 0.178 e. The van der Waals surface area contributed by atoms with E-state index in [1.54, 1.807) is 87.8 Å². The monoisotopic (exact) mass is 1440 g/mol. The van der Waals surface area contributed by atoms with Crippen molar-refractivity contribution in [2.75, 3.05) is 99.0 Å². The van der Waals surface area contributed by atoms with Gasteiger partial charge >= 0.3 is 0 Å². The Hall–Kier alpha value is -8.12. The number of pyridine rings is 3. The normalized spacial score (nSPS) is 11.8. The highest BCUT2D eigenvalue weighted by Gasteiger charge is 2.23. The Morgan fingerprint density at radius 2 is 0.697 bits per heavy atom. The molecule has 18 nitrogen and oxygen atoms in total. The molecule has 0 spiro atoms. The Morgan fingerprint density at radius 1 is 0.404 bits per heavy atom. The number of fused-ring (bicyclic) bond motifs is 9. The van der Waals surface area contributed by atoms with E-state index in [4.69, 9.17) is 37.4 Å². The molecule has 0 aliphatic heterocycles. The Kier molecular flexibility index (Phi) is 26.7. The van der Waals surface area contributed by atoms with Crippen LogP contribution in [-0.2, 0) is 29.5 Å². The van der Waals surface area contributed by atoms with Gasteiger partial charge in [0.05, 0.1) is 78.4 Å². The van der Waals surface area contributed by atoms with Crippen molar-refractivity contribution in [2.45, 2.75) is 83.9 Å². The Morgan fingerprint density at radius 3 is 0.990 bits per heavy atom. The number of aryl methyl sites for hydroxylation is 1. The van der Waals surface area contributed by atoms with Gasteiger partial charge < -0.3 is 43.9 Å². The molecule has 0 aliphatic rings. The predicted molar refractivity (Wildman–Crippen MR) is 411 cm³/mol. The fraction of sp³-hybridized carbons (Fsp3) is 0.329. The zero-order chi connectivity index (χ0) is 68.6. The number of ether oxygens (including phenoxy) is 3. The summed E-state index contributed by atoms with van der Waals surface area (Å²) in [5.74, 6) is 2.41. The highest BCUT2D eigenvalue weighted by atomic mass is 35.5. The molecule has 12 rings (SSSR count). The minimum absolute atomic E-state index is 0. The molecule has 0 atom stereocenters. The van der Waals surface area contributed by atoms with E-state index in [-0.39, 0.29) is 39.5 Å². The molecule has 0 saturated carbocycles. The van der Waals surface area contributed by atoms with Crippen molar-refractivity contribution in [1.29, 1.82) is 0 Å². The number of sulfone groups is 3. The molecule has 3 N–H and O–H groups in total. The van der Waals surface area contributed by atoms with Gasteiger partial charge in [-0.05, 0) is 198 Å². The summed E-state index contributed by atoms with van der Waals surface area (Å²) >= 11 is 12.5. The summed E-state index contributed by atoms with van der Waals surface area (Å²) in [7, 11) is 2.30. The number of halogens is 2. The quantitative estimate of drug-likeness (QED) is 0.0478. The van der Waals surface area contributed by atoms with Crippen LogP contribution in [0.25, 0.3) is 99.2 Å². The summed E-state index contributed by atoms with van der Waals surface area (Å²) < 4.78 is 93.1. The van der Waals surface area contributed by atoms with E-state index in [1.165, 1.54) is 0 Å². The minimum atomic E-state index is -3.32. The molecule has 0 bridgehead atoms. The number of hydrogen-bond donors (Lipinski definition) is 3. The molecule has 528 valence electrons. The minimum Gasteiger partial charge on any atom is -0.491 e. The first-order valence-corrected chi connectivity index (χ1v) is 37.5. The Bertz CT molecular complexity index is 4640. The van der Waals surface area contributed by atoms with Crippen LogP contribution >= 0.6 is 23.2 Å². The van der Waals surface area contributed by atoms with Crippen molar-refractivity contribution in [3.63, 3.8) is 0 Å². The maximum absolute atomic E-state index is 12.5. The van der Waals surface area contributed by atoms with Gasteiger partial charge in [0.25, 0.3) is 0 Å². The molecule has 6 heterocycles. The molecular formula is C76H93Cl2N9O9S3. The van der Waals surface area contributed by atoms with Crippen molar-refractivity contribution in [3.05, 3.63) is 162 Å². The van der Waals surface area contributed by atoms with Crippen LogP contribution in [0.15, 0.2) is 161 Å². The summed E-state index contributed by atoms with van der Waals surface area (Å²) in [6, 6.07) is 38.8. The topological polar surface area (TPSA) is 226 Å². The fourth-order valence-electron chi connectivity index (χ4n) is 11.5. The number of rotatable bonds is 24. The lowest BCUT2D eigenvalue weighted by molar-refractivity contribution is 0.284. The van der Waals surface area contributed by atoms with E-state index in [1.807, 2.05) is 122 Å². The second-order valence-electron chi connectivity index (χ2n) is 24.3. The molecule has 99 heavy (non-hydrogen) atoms. The van der Waals surface area contributed by atoms with Crippen molar-refractivity contribution in [2.24, 2.45) is 0 Å². The van der Waals surface area contributed by atoms with Gasteiger partial charge in [-0.15, -0.1) is 0 Å². The van der Waals surface area contributed by atoms with Crippen molar-refractivity contribution >= 4 is 119 Å². The second kappa shape index (κ2) is 33.8. The first-order valence-electron chi connectivity index (χ1n) is 31.8. The lowest BCUT2D eigenvalue weighted by Crippen LogP contribution is -2.15. The SMILES string of the molecule is C.C.C.CCS(=O)(=O)c1cccc(-c2ccc(OCCCN(C)C)c3[nH]c4ncc(C)cc4c23)c1.CCS(=O)(=O)c1cccc(-c2ccc(OCCCN(C)C)c3[nH]c4ncc(Cl)cc4c23)c1.CCS(=O)(=O)c1cccc(-c2ccc(OCCCN(C)C)c3[nH]c4ncc(Cl)cc4c23)c1. The van der Waals surface area contributed by atoms with E-state index in [0.717, 1.165) is 150 Å². The van der Waals surface area contributed by atoms with E-state index in [2.05, 4.69) is 50.7 Å².